The third-order valence-electron chi connectivity index (χ3n) is 5.23. The number of carbonyl (C=O) groups excluding carboxylic acids is 2. The molecule has 1 aliphatic heterocycles. The van der Waals surface area contributed by atoms with Gasteiger partial charge < -0.3 is 24.8 Å². The van der Waals surface area contributed by atoms with Crippen molar-refractivity contribution in [3.63, 3.8) is 0 Å². The molecule has 3 aromatic rings. The van der Waals surface area contributed by atoms with Crippen LogP contribution in [-0.4, -0.2) is 32.6 Å². The molecular formula is C26H23ClN2O5. The molecule has 1 heterocycles. The van der Waals surface area contributed by atoms with Gasteiger partial charge in [0.25, 0.3) is 11.8 Å². The second-order valence-corrected chi connectivity index (χ2v) is 7.96. The van der Waals surface area contributed by atoms with Crippen LogP contribution < -0.4 is 24.8 Å². The summed E-state index contributed by atoms with van der Waals surface area (Å²) in [5.41, 5.74) is 2.59. The lowest BCUT2D eigenvalue weighted by Gasteiger charge is -2.20. The number of nitrogens with one attached hydrogen (secondary N) is 2. The molecule has 0 saturated carbocycles. The van der Waals surface area contributed by atoms with Gasteiger partial charge >= 0.3 is 0 Å². The fourth-order valence-corrected chi connectivity index (χ4v) is 3.71. The van der Waals surface area contributed by atoms with Crippen molar-refractivity contribution in [1.29, 1.82) is 0 Å². The summed E-state index contributed by atoms with van der Waals surface area (Å²) in [5.74, 6) is 1.23. The monoisotopic (exact) mass is 478 g/mol. The van der Waals surface area contributed by atoms with Gasteiger partial charge in [0.15, 0.2) is 23.0 Å². The Labute approximate surface area is 202 Å². The molecule has 174 valence electrons. The summed E-state index contributed by atoms with van der Waals surface area (Å²) in [6.07, 6.45) is 2.23. The van der Waals surface area contributed by atoms with Crippen LogP contribution in [0, 0.1) is 0 Å². The lowest BCUT2D eigenvalue weighted by atomic mass is 10.1. The fourth-order valence-electron chi connectivity index (χ4n) is 3.51. The van der Waals surface area contributed by atoms with Crippen LogP contribution in [0.25, 0.3) is 6.08 Å². The molecule has 3 aromatic carbocycles. The molecule has 0 aromatic heterocycles. The first-order chi connectivity index (χ1) is 16.5. The Morgan fingerprint density at radius 3 is 2.65 bits per heavy atom. The number of benzene rings is 3. The van der Waals surface area contributed by atoms with Crippen molar-refractivity contribution < 1.29 is 23.8 Å². The van der Waals surface area contributed by atoms with Crippen LogP contribution in [0.15, 0.2) is 66.4 Å². The number of hydrogen-bond acceptors (Lipinski definition) is 5. The highest BCUT2D eigenvalue weighted by Crippen LogP contribution is 2.32. The van der Waals surface area contributed by atoms with E-state index in [1.165, 1.54) is 0 Å². The molecule has 8 heteroatoms. The van der Waals surface area contributed by atoms with Crippen LogP contribution in [0.5, 0.6) is 17.2 Å². The minimum atomic E-state index is -0.404. The third kappa shape index (κ3) is 5.32. The van der Waals surface area contributed by atoms with Crippen LogP contribution in [0.3, 0.4) is 0 Å². The van der Waals surface area contributed by atoms with E-state index in [0.29, 0.717) is 46.5 Å². The van der Waals surface area contributed by atoms with Crippen molar-refractivity contribution in [2.45, 2.75) is 6.42 Å². The second-order valence-electron chi connectivity index (χ2n) is 7.53. The van der Waals surface area contributed by atoms with Crippen molar-refractivity contribution in [3.8, 4) is 17.2 Å². The van der Waals surface area contributed by atoms with Gasteiger partial charge in [-0.1, -0.05) is 29.8 Å². The Hall–Kier alpha value is -3.97. The Morgan fingerprint density at radius 1 is 1.06 bits per heavy atom. The minimum absolute atomic E-state index is 0.141. The number of hydrogen-bond donors (Lipinski definition) is 2. The Bertz CT molecular complexity index is 1270. The normalized spacial score (nSPS) is 13.5. The number of ether oxygens (including phenoxy) is 3. The zero-order valence-electron chi connectivity index (χ0n) is 18.7. The highest BCUT2D eigenvalue weighted by molar-refractivity contribution is 6.30. The average molecular weight is 479 g/mol. The molecule has 0 radical (unpaired) electrons. The summed E-state index contributed by atoms with van der Waals surface area (Å²) < 4.78 is 16.3. The van der Waals surface area contributed by atoms with Gasteiger partial charge in [0, 0.05) is 17.1 Å². The molecular weight excluding hydrogens is 456 g/mol. The van der Waals surface area contributed by atoms with Crippen molar-refractivity contribution in [3.05, 3.63) is 88.1 Å². The number of fused-ring (bicyclic) bond motifs is 1. The van der Waals surface area contributed by atoms with Crippen molar-refractivity contribution in [1.82, 2.24) is 5.32 Å². The number of carbonyl (C=O) groups is 2. The van der Waals surface area contributed by atoms with E-state index in [9.17, 15) is 9.59 Å². The second kappa shape index (κ2) is 10.3. The van der Waals surface area contributed by atoms with E-state index in [4.69, 9.17) is 25.8 Å². The number of anilines is 1. The first-order valence-electron chi connectivity index (χ1n) is 10.6. The maximum atomic E-state index is 12.6. The standard InChI is InChI=1S/C26H23ClN2O5/c1-32-22-8-6-16(13-23(22)33-2)10-11-28-25(30)18-7-9-21-20(15-18)29-26(31)24(34-21)14-17-4-3-5-19(27)12-17/h3-9,12-15H,10-11H2,1-2H3,(H,28,30)(H,29,31)/b24-14+. The van der Waals surface area contributed by atoms with Crippen LogP contribution in [0.1, 0.15) is 21.5 Å². The predicted octanol–water partition coefficient (Wildman–Crippen LogP) is 4.70. The first-order valence-corrected chi connectivity index (χ1v) is 10.9. The average Bonchev–Trinajstić information content (AvgIpc) is 2.84. The van der Waals surface area contributed by atoms with Crippen molar-refractivity contribution in [2.24, 2.45) is 0 Å². The van der Waals surface area contributed by atoms with E-state index in [1.807, 2.05) is 24.3 Å². The summed E-state index contributed by atoms with van der Waals surface area (Å²) >= 11 is 6.00. The Kier molecular flexibility index (Phi) is 7.04. The molecule has 1 aliphatic rings. The first kappa shape index (κ1) is 23.2. The summed E-state index contributed by atoms with van der Waals surface area (Å²) in [4.78, 5) is 25.1. The van der Waals surface area contributed by atoms with Gasteiger partial charge in [-0.3, -0.25) is 9.59 Å². The SMILES string of the molecule is COc1ccc(CCNC(=O)c2ccc3c(c2)NC(=O)/C(=C\c2cccc(Cl)c2)O3)cc1OC. The van der Waals surface area contributed by atoms with Gasteiger partial charge in [-0.2, -0.15) is 0 Å². The van der Waals surface area contributed by atoms with E-state index in [2.05, 4.69) is 10.6 Å². The lowest BCUT2D eigenvalue weighted by Crippen LogP contribution is -2.27. The largest absolute Gasteiger partial charge is 0.493 e. The fraction of sp³-hybridized carbons (Fsp3) is 0.154. The molecule has 4 rings (SSSR count). The van der Waals surface area contributed by atoms with Gasteiger partial charge in [0.1, 0.15) is 0 Å². The molecule has 7 nitrogen and oxygen atoms in total. The van der Waals surface area contributed by atoms with Crippen molar-refractivity contribution >= 4 is 35.2 Å². The number of amides is 2. The molecule has 34 heavy (non-hydrogen) atoms. The summed E-state index contributed by atoms with van der Waals surface area (Å²) in [6, 6.07) is 17.6. The Balaban J connectivity index is 1.40. The lowest BCUT2D eigenvalue weighted by molar-refractivity contribution is -0.115. The maximum absolute atomic E-state index is 12.6. The van der Waals surface area contributed by atoms with Gasteiger partial charge in [-0.25, -0.2) is 0 Å². The minimum Gasteiger partial charge on any atom is -0.493 e. The van der Waals surface area contributed by atoms with Gasteiger partial charge in [-0.05, 0) is 66.1 Å². The zero-order chi connectivity index (χ0) is 24.1. The van der Waals surface area contributed by atoms with Crippen LogP contribution in [0.2, 0.25) is 5.02 Å². The topological polar surface area (TPSA) is 85.9 Å². The van der Waals surface area contributed by atoms with Crippen LogP contribution in [-0.2, 0) is 11.2 Å². The number of methoxy groups -OCH3 is 2. The van der Waals surface area contributed by atoms with E-state index in [1.54, 1.807) is 56.7 Å². The molecule has 2 N–H and O–H groups in total. The molecule has 0 atom stereocenters. The van der Waals surface area contributed by atoms with E-state index in [-0.39, 0.29) is 11.7 Å². The molecule has 0 spiro atoms. The van der Waals surface area contributed by atoms with Gasteiger partial charge in [0.05, 0.1) is 19.9 Å². The van der Waals surface area contributed by atoms with Crippen LogP contribution in [0.4, 0.5) is 5.69 Å². The van der Waals surface area contributed by atoms with Crippen LogP contribution >= 0.6 is 11.6 Å². The molecule has 2 amide bonds. The predicted molar refractivity (Wildman–Crippen MR) is 131 cm³/mol. The van der Waals surface area contributed by atoms with E-state index in [0.717, 1.165) is 11.1 Å². The maximum Gasteiger partial charge on any atom is 0.291 e. The van der Waals surface area contributed by atoms with E-state index < -0.39 is 5.91 Å². The summed E-state index contributed by atoms with van der Waals surface area (Å²) in [6.45, 7) is 0.431. The van der Waals surface area contributed by atoms with Gasteiger partial charge in [-0.15, -0.1) is 0 Å². The smallest absolute Gasteiger partial charge is 0.291 e. The Morgan fingerprint density at radius 2 is 1.88 bits per heavy atom. The molecule has 0 fully saturated rings. The van der Waals surface area contributed by atoms with Crippen molar-refractivity contribution in [2.75, 3.05) is 26.1 Å². The molecule has 0 saturated heterocycles. The quantitative estimate of drug-likeness (QED) is 0.481. The highest BCUT2D eigenvalue weighted by Gasteiger charge is 2.23. The third-order valence-corrected chi connectivity index (χ3v) is 5.46. The molecule has 0 bridgehead atoms. The number of rotatable bonds is 7. The van der Waals surface area contributed by atoms with E-state index >= 15 is 0 Å². The highest BCUT2D eigenvalue weighted by atomic mass is 35.5. The van der Waals surface area contributed by atoms with Gasteiger partial charge in [0.2, 0.25) is 0 Å². The zero-order valence-corrected chi connectivity index (χ0v) is 19.4. The molecule has 0 aliphatic carbocycles. The summed E-state index contributed by atoms with van der Waals surface area (Å²) in [5, 5.41) is 6.23. The summed E-state index contributed by atoms with van der Waals surface area (Å²) in [7, 11) is 3.16. The molecule has 0 unspecified atom stereocenters. The number of halogens is 1.